The van der Waals surface area contributed by atoms with Gasteiger partial charge in [0.25, 0.3) is 5.91 Å². The molecule has 0 spiro atoms. The number of hydrogen-bond acceptors (Lipinski definition) is 2. The van der Waals surface area contributed by atoms with Gasteiger partial charge in [-0.25, -0.2) is 0 Å². The number of aromatic nitrogens is 1. The molecule has 1 fully saturated rings. The van der Waals surface area contributed by atoms with Crippen LogP contribution in [-0.2, 0) is 0 Å². The van der Waals surface area contributed by atoms with Gasteiger partial charge in [-0.2, -0.15) is 0 Å². The molecule has 3 N–H and O–H groups in total. The monoisotopic (exact) mass is 257 g/mol. The molecular weight excluding hydrogens is 238 g/mol. The topological polar surface area (TPSA) is 56.9 Å². The maximum absolute atomic E-state index is 12.2. The molecular formula is C15H19N3O. The number of carbonyl (C=O) groups is 1. The number of H-pyrrole nitrogens is 1. The van der Waals surface area contributed by atoms with E-state index in [-0.39, 0.29) is 5.91 Å². The summed E-state index contributed by atoms with van der Waals surface area (Å²) in [5, 5.41) is 7.36. The highest BCUT2D eigenvalue weighted by Crippen LogP contribution is 2.17. The minimum Gasteiger partial charge on any atom is -0.361 e. The van der Waals surface area contributed by atoms with E-state index in [4.69, 9.17) is 0 Å². The van der Waals surface area contributed by atoms with Gasteiger partial charge in [0.05, 0.1) is 0 Å². The first-order chi connectivity index (χ1) is 9.34. The van der Waals surface area contributed by atoms with Crippen LogP contribution >= 0.6 is 0 Å². The Bertz CT molecular complexity index is 570. The Morgan fingerprint density at radius 2 is 2.32 bits per heavy atom. The minimum absolute atomic E-state index is 0.0242. The number of benzene rings is 1. The van der Waals surface area contributed by atoms with E-state index < -0.39 is 0 Å². The van der Waals surface area contributed by atoms with Gasteiger partial charge in [-0.15, -0.1) is 0 Å². The Labute approximate surface area is 112 Å². The van der Waals surface area contributed by atoms with Gasteiger partial charge < -0.3 is 15.6 Å². The molecule has 4 heteroatoms. The molecule has 1 aromatic carbocycles. The van der Waals surface area contributed by atoms with E-state index in [9.17, 15) is 4.79 Å². The Hall–Kier alpha value is -1.81. The summed E-state index contributed by atoms with van der Waals surface area (Å²) in [6.07, 6.45) is 4.15. The number of carbonyl (C=O) groups excluding carboxylic acids is 1. The van der Waals surface area contributed by atoms with Crippen molar-refractivity contribution in [1.29, 1.82) is 0 Å². The van der Waals surface area contributed by atoms with Crippen molar-refractivity contribution < 1.29 is 4.79 Å². The van der Waals surface area contributed by atoms with E-state index in [1.165, 1.54) is 6.42 Å². The normalized spacial score (nSPS) is 18.8. The van der Waals surface area contributed by atoms with Crippen LogP contribution in [0.2, 0.25) is 0 Å². The van der Waals surface area contributed by atoms with E-state index >= 15 is 0 Å². The summed E-state index contributed by atoms with van der Waals surface area (Å²) in [7, 11) is 0. The predicted octanol–water partition coefficient (Wildman–Crippen LogP) is 1.90. The summed E-state index contributed by atoms with van der Waals surface area (Å²) in [6, 6.07) is 7.72. The third kappa shape index (κ3) is 2.63. The van der Waals surface area contributed by atoms with Gasteiger partial charge in [-0.3, -0.25) is 4.79 Å². The van der Waals surface area contributed by atoms with Crippen molar-refractivity contribution in [2.45, 2.75) is 12.8 Å². The first-order valence-corrected chi connectivity index (χ1v) is 6.89. The number of rotatable bonds is 4. The highest BCUT2D eigenvalue weighted by Gasteiger charge is 2.15. The van der Waals surface area contributed by atoms with Gasteiger partial charge in [0.1, 0.15) is 0 Å². The first-order valence-electron chi connectivity index (χ1n) is 6.89. The van der Waals surface area contributed by atoms with Crippen molar-refractivity contribution in [2.75, 3.05) is 19.6 Å². The van der Waals surface area contributed by atoms with Gasteiger partial charge >= 0.3 is 0 Å². The van der Waals surface area contributed by atoms with Crippen molar-refractivity contribution in [1.82, 2.24) is 15.6 Å². The highest BCUT2D eigenvalue weighted by atomic mass is 16.1. The fraction of sp³-hybridized carbons (Fsp3) is 0.400. The zero-order valence-electron chi connectivity index (χ0n) is 10.9. The number of nitrogens with one attached hydrogen (secondary N) is 3. The molecule has 100 valence electrons. The predicted molar refractivity (Wildman–Crippen MR) is 76.2 cm³/mol. The second kappa shape index (κ2) is 5.45. The van der Waals surface area contributed by atoms with Crippen LogP contribution in [0.3, 0.4) is 0 Å². The number of aromatic amines is 1. The van der Waals surface area contributed by atoms with E-state index in [0.717, 1.165) is 42.5 Å². The van der Waals surface area contributed by atoms with Crippen LogP contribution in [0.15, 0.2) is 30.5 Å². The minimum atomic E-state index is 0.0242. The summed E-state index contributed by atoms with van der Waals surface area (Å²) >= 11 is 0. The Kier molecular flexibility index (Phi) is 3.51. The average Bonchev–Trinajstić information content (AvgIpc) is 3.08. The molecule has 0 aliphatic carbocycles. The summed E-state index contributed by atoms with van der Waals surface area (Å²) < 4.78 is 0. The van der Waals surface area contributed by atoms with Crippen LogP contribution in [0.25, 0.3) is 10.9 Å². The van der Waals surface area contributed by atoms with Crippen molar-refractivity contribution in [3.05, 3.63) is 36.0 Å². The summed E-state index contributed by atoms with van der Waals surface area (Å²) in [4.78, 5) is 15.3. The SMILES string of the molecule is O=C(NCCC1CCNC1)c1cccc2[nH]ccc12. The number of amides is 1. The quantitative estimate of drug-likeness (QED) is 0.783. The molecule has 19 heavy (non-hydrogen) atoms. The van der Waals surface area contributed by atoms with Crippen molar-refractivity contribution in [2.24, 2.45) is 5.92 Å². The van der Waals surface area contributed by atoms with Gasteiger partial charge in [-0.1, -0.05) is 6.07 Å². The van der Waals surface area contributed by atoms with Crippen LogP contribution < -0.4 is 10.6 Å². The molecule has 1 saturated heterocycles. The second-order valence-corrected chi connectivity index (χ2v) is 5.15. The maximum Gasteiger partial charge on any atom is 0.251 e. The largest absolute Gasteiger partial charge is 0.361 e. The zero-order valence-corrected chi connectivity index (χ0v) is 10.9. The van der Waals surface area contributed by atoms with E-state index in [0.29, 0.717) is 5.92 Å². The van der Waals surface area contributed by atoms with E-state index in [2.05, 4.69) is 15.6 Å². The molecule has 1 aliphatic rings. The second-order valence-electron chi connectivity index (χ2n) is 5.15. The summed E-state index contributed by atoms with van der Waals surface area (Å²) in [5.74, 6) is 0.736. The molecule has 1 unspecified atom stereocenters. The molecule has 2 aromatic rings. The fourth-order valence-electron chi connectivity index (χ4n) is 2.73. The third-order valence-electron chi connectivity index (χ3n) is 3.84. The van der Waals surface area contributed by atoms with Crippen molar-refractivity contribution >= 4 is 16.8 Å². The highest BCUT2D eigenvalue weighted by molar-refractivity contribution is 6.06. The van der Waals surface area contributed by atoms with E-state index in [1.807, 2.05) is 30.5 Å². The zero-order chi connectivity index (χ0) is 13.1. The van der Waals surface area contributed by atoms with Crippen LogP contribution in [0, 0.1) is 5.92 Å². The molecule has 1 aromatic heterocycles. The molecule has 2 heterocycles. The third-order valence-corrected chi connectivity index (χ3v) is 3.84. The lowest BCUT2D eigenvalue weighted by Gasteiger charge is -2.10. The smallest absolute Gasteiger partial charge is 0.251 e. The molecule has 0 saturated carbocycles. The fourth-order valence-corrected chi connectivity index (χ4v) is 2.73. The number of hydrogen-bond donors (Lipinski definition) is 3. The lowest BCUT2D eigenvalue weighted by molar-refractivity contribution is 0.0953. The van der Waals surface area contributed by atoms with Crippen LogP contribution in [0.5, 0.6) is 0 Å². The standard InChI is InChI=1S/C15H19N3O/c19-15(18-8-5-11-4-7-16-10-11)13-2-1-3-14-12(13)6-9-17-14/h1-3,6,9,11,16-17H,4-5,7-8,10H2,(H,18,19). The average molecular weight is 257 g/mol. The molecule has 3 rings (SSSR count). The Morgan fingerprint density at radius 1 is 1.37 bits per heavy atom. The van der Waals surface area contributed by atoms with Gasteiger partial charge in [-0.05, 0) is 50.0 Å². The van der Waals surface area contributed by atoms with Crippen molar-refractivity contribution in [3.8, 4) is 0 Å². The lowest BCUT2D eigenvalue weighted by atomic mass is 10.0. The first kappa shape index (κ1) is 12.2. The van der Waals surface area contributed by atoms with Crippen LogP contribution in [0.1, 0.15) is 23.2 Å². The molecule has 0 bridgehead atoms. The maximum atomic E-state index is 12.2. The van der Waals surface area contributed by atoms with Crippen molar-refractivity contribution in [3.63, 3.8) is 0 Å². The molecule has 0 radical (unpaired) electrons. The molecule has 1 atom stereocenters. The van der Waals surface area contributed by atoms with Gasteiger partial charge in [0.15, 0.2) is 0 Å². The van der Waals surface area contributed by atoms with Crippen LogP contribution in [-0.4, -0.2) is 30.5 Å². The Balaban J connectivity index is 1.62. The molecule has 1 aliphatic heterocycles. The van der Waals surface area contributed by atoms with Crippen LogP contribution in [0.4, 0.5) is 0 Å². The summed E-state index contributed by atoms with van der Waals surface area (Å²) in [5.41, 5.74) is 1.76. The molecule has 4 nitrogen and oxygen atoms in total. The number of fused-ring (bicyclic) bond motifs is 1. The van der Waals surface area contributed by atoms with E-state index in [1.54, 1.807) is 0 Å². The Morgan fingerprint density at radius 3 is 3.16 bits per heavy atom. The summed E-state index contributed by atoms with van der Waals surface area (Å²) in [6.45, 7) is 2.95. The van der Waals surface area contributed by atoms with Gasteiger partial charge in [0, 0.05) is 29.2 Å². The lowest BCUT2D eigenvalue weighted by Crippen LogP contribution is -2.26. The van der Waals surface area contributed by atoms with Gasteiger partial charge in [0.2, 0.25) is 0 Å². The molecule has 1 amide bonds.